The second-order valence-electron chi connectivity index (χ2n) is 4.99. The number of nitrogens with zero attached hydrogens (tertiary/aromatic N) is 2. The molecule has 0 aromatic heterocycles. The molecule has 0 radical (unpaired) electrons. The summed E-state index contributed by atoms with van der Waals surface area (Å²) in [6.07, 6.45) is 1.07. The van der Waals surface area contributed by atoms with Crippen LogP contribution in [-0.4, -0.2) is 42.6 Å². The van der Waals surface area contributed by atoms with E-state index in [9.17, 15) is 4.39 Å². The summed E-state index contributed by atoms with van der Waals surface area (Å²) in [6.45, 7) is 4.88. The lowest BCUT2D eigenvalue weighted by atomic mass is 10.1. The van der Waals surface area contributed by atoms with Crippen molar-refractivity contribution in [3.8, 4) is 0 Å². The first-order valence-corrected chi connectivity index (χ1v) is 6.99. The molecule has 0 saturated carbocycles. The summed E-state index contributed by atoms with van der Waals surface area (Å²) in [4.78, 5) is 4.65. The first-order chi connectivity index (χ1) is 9.04. The van der Waals surface area contributed by atoms with E-state index >= 15 is 0 Å². The van der Waals surface area contributed by atoms with Gasteiger partial charge in [-0.1, -0.05) is 25.2 Å². The van der Waals surface area contributed by atoms with E-state index in [0.717, 1.165) is 31.7 Å². The third kappa shape index (κ3) is 2.87. The first kappa shape index (κ1) is 14.2. The molecule has 1 aromatic rings. The zero-order valence-corrected chi connectivity index (χ0v) is 12.2. The topological polar surface area (TPSA) is 32.5 Å². The number of anilines is 1. The minimum Gasteiger partial charge on any atom is -0.389 e. The van der Waals surface area contributed by atoms with Gasteiger partial charge in [0.25, 0.3) is 0 Å². The zero-order chi connectivity index (χ0) is 14.0. The second-order valence-corrected chi connectivity index (χ2v) is 5.43. The van der Waals surface area contributed by atoms with Crippen LogP contribution in [0.25, 0.3) is 0 Å². The van der Waals surface area contributed by atoms with Crippen molar-refractivity contribution in [1.82, 2.24) is 4.90 Å². The molecule has 1 aromatic carbocycles. The maximum Gasteiger partial charge on any atom is 0.135 e. The molecule has 19 heavy (non-hydrogen) atoms. The molecule has 1 fully saturated rings. The third-order valence-electron chi connectivity index (χ3n) is 3.83. The molecule has 1 aliphatic heterocycles. The van der Waals surface area contributed by atoms with Gasteiger partial charge in [-0.2, -0.15) is 0 Å². The van der Waals surface area contributed by atoms with Gasteiger partial charge < -0.3 is 10.6 Å². The van der Waals surface area contributed by atoms with E-state index in [4.69, 9.17) is 18.0 Å². The van der Waals surface area contributed by atoms with Crippen LogP contribution in [0, 0.1) is 5.82 Å². The Morgan fingerprint density at radius 1 is 1.47 bits per heavy atom. The summed E-state index contributed by atoms with van der Waals surface area (Å²) in [5.41, 5.74) is 6.86. The van der Waals surface area contributed by atoms with Gasteiger partial charge in [0.2, 0.25) is 0 Å². The SMILES string of the molecule is CCC1CN(c2cccc(F)c2C(N)=S)CCN1C. The van der Waals surface area contributed by atoms with E-state index in [1.54, 1.807) is 6.07 Å². The summed E-state index contributed by atoms with van der Waals surface area (Å²) < 4.78 is 13.9. The smallest absolute Gasteiger partial charge is 0.135 e. The first-order valence-electron chi connectivity index (χ1n) is 6.58. The molecule has 0 aliphatic carbocycles. The minimum atomic E-state index is -0.336. The normalized spacial score (nSPS) is 20.6. The van der Waals surface area contributed by atoms with E-state index in [1.807, 2.05) is 6.07 Å². The number of hydrogen-bond acceptors (Lipinski definition) is 3. The molecule has 2 N–H and O–H groups in total. The highest BCUT2D eigenvalue weighted by molar-refractivity contribution is 7.80. The largest absolute Gasteiger partial charge is 0.389 e. The number of nitrogens with two attached hydrogens (primary N) is 1. The maximum absolute atomic E-state index is 13.9. The molecule has 104 valence electrons. The Hall–Kier alpha value is -1.20. The van der Waals surface area contributed by atoms with Gasteiger partial charge in [-0.3, -0.25) is 4.90 Å². The quantitative estimate of drug-likeness (QED) is 0.859. The summed E-state index contributed by atoms with van der Waals surface area (Å²) in [5, 5.41) is 0. The number of halogens is 1. The Morgan fingerprint density at radius 3 is 2.84 bits per heavy atom. The van der Waals surface area contributed by atoms with Gasteiger partial charge in [0.1, 0.15) is 10.8 Å². The molecule has 0 spiro atoms. The van der Waals surface area contributed by atoms with Crippen molar-refractivity contribution in [2.45, 2.75) is 19.4 Å². The van der Waals surface area contributed by atoms with Crippen LogP contribution in [0.2, 0.25) is 0 Å². The van der Waals surface area contributed by atoms with Crippen molar-refractivity contribution in [3.63, 3.8) is 0 Å². The molecule has 1 heterocycles. The fourth-order valence-electron chi connectivity index (χ4n) is 2.63. The fourth-order valence-corrected chi connectivity index (χ4v) is 2.83. The molecule has 2 rings (SSSR count). The second kappa shape index (κ2) is 5.84. The van der Waals surface area contributed by atoms with Crippen LogP contribution in [0.4, 0.5) is 10.1 Å². The predicted molar refractivity (Wildman–Crippen MR) is 81.2 cm³/mol. The average Bonchev–Trinajstić information content (AvgIpc) is 2.38. The predicted octanol–water partition coefficient (Wildman–Crippen LogP) is 1.99. The van der Waals surface area contributed by atoms with Gasteiger partial charge in [0.05, 0.1) is 5.56 Å². The van der Waals surface area contributed by atoms with E-state index in [-0.39, 0.29) is 10.8 Å². The summed E-state index contributed by atoms with van der Waals surface area (Å²) >= 11 is 4.99. The Labute approximate surface area is 119 Å². The van der Waals surface area contributed by atoms with Crippen LogP contribution in [-0.2, 0) is 0 Å². The summed E-state index contributed by atoms with van der Waals surface area (Å²) in [6, 6.07) is 5.50. The number of piperazine rings is 1. The molecule has 0 amide bonds. The molecule has 1 unspecified atom stereocenters. The Kier molecular flexibility index (Phi) is 4.37. The van der Waals surface area contributed by atoms with Crippen LogP contribution in [0.15, 0.2) is 18.2 Å². The fraction of sp³-hybridized carbons (Fsp3) is 0.500. The highest BCUT2D eigenvalue weighted by Crippen LogP contribution is 2.26. The van der Waals surface area contributed by atoms with E-state index < -0.39 is 0 Å². The van der Waals surface area contributed by atoms with Crippen LogP contribution in [0.3, 0.4) is 0 Å². The molecule has 1 saturated heterocycles. The molecule has 0 bridgehead atoms. The van der Waals surface area contributed by atoms with E-state index in [0.29, 0.717) is 11.6 Å². The van der Waals surface area contributed by atoms with Crippen LogP contribution in [0.5, 0.6) is 0 Å². The number of likely N-dealkylation sites (N-methyl/N-ethyl adjacent to an activating group) is 1. The number of hydrogen-bond donors (Lipinski definition) is 1. The maximum atomic E-state index is 13.9. The number of benzene rings is 1. The lowest BCUT2D eigenvalue weighted by Crippen LogP contribution is -2.51. The number of rotatable bonds is 3. The monoisotopic (exact) mass is 281 g/mol. The average molecular weight is 281 g/mol. The molecular weight excluding hydrogens is 261 g/mol. The molecule has 1 aliphatic rings. The Bertz CT molecular complexity index is 478. The molecule has 5 heteroatoms. The highest BCUT2D eigenvalue weighted by Gasteiger charge is 2.25. The van der Waals surface area contributed by atoms with Gasteiger partial charge in [-0.15, -0.1) is 0 Å². The third-order valence-corrected chi connectivity index (χ3v) is 4.03. The van der Waals surface area contributed by atoms with Crippen molar-refractivity contribution in [3.05, 3.63) is 29.6 Å². The van der Waals surface area contributed by atoms with Crippen LogP contribution in [0.1, 0.15) is 18.9 Å². The van der Waals surface area contributed by atoms with Gasteiger partial charge in [0.15, 0.2) is 0 Å². The Morgan fingerprint density at radius 2 is 2.21 bits per heavy atom. The van der Waals surface area contributed by atoms with Crippen molar-refractivity contribution >= 4 is 22.9 Å². The van der Waals surface area contributed by atoms with Crippen LogP contribution >= 0.6 is 12.2 Å². The Balaban J connectivity index is 2.32. The standard InChI is InChI=1S/C14H20FN3S/c1-3-10-9-18(8-7-17(10)2)12-6-4-5-11(15)13(12)14(16)19/h4-6,10H,3,7-9H2,1-2H3,(H2,16,19). The van der Waals surface area contributed by atoms with Crippen LogP contribution < -0.4 is 10.6 Å². The molecule has 1 atom stereocenters. The molecule has 3 nitrogen and oxygen atoms in total. The van der Waals surface area contributed by atoms with Crippen molar-refractivity contribution in [2.75, 3.05) is 31.6 Å². The zero-order valence-electron chi connectivity index (χ0n) is 11.4. The van der Waals surface area contributed by atoms with Gasteiger partial charge in [-0.25, -0.2) is 4.39 Å². The van der Waals surface area contributed by atoms with Gasteiger partial charge >= 0.3 is 0 Å². The summed E-state index contributed by atoms with van der Waals surface area (Å²) in [7, 11) is 2.13. The van der Waals surface area contributed by atoms with Gasteiger partial charge in [-0.05, 0) is 25.6 Å². The van der Waals surface area contributed by atoms with Gasteiger partial charge in [0, 0.05) is 31.4 Å². The minimum absolute atomic E-state index is 0.125. The van der Waals surface area contributed by atoms with Crippen molar-refractivity contribution < 1.29 is 4.39 Å². The molecular formula is C14H20FN3S. The highest BCUT2D eigenvalue weighted by atomic mass is 32.1. The summed E-state index contributed by atoms with van der Waals surface area (Å²) in [5.74, 6) is -0.336. The van der Waals surface area contributed by atoms with E-state index in [1.165, 1.54) is 6.07 Å². The lowest BCUT2D eigenvalue weighted by molar-refractivity contribution is 0.213. The van der Waals surface area contributed by atoms with Crippen molar-refractivity contribution in [1.29, 1.82) is 0 Å². The van der Waals surface area contributed by atoms with E-state index in [2.05, 4.69) is 23.8 Å². The van der Waals surface area contributed by atoms with Crippen molar-refractivity contribution in [2.24, 2.45) is 5.73 Å². The lowest BCUT2D eigenvalue weighted by Gasteiger charge is -2.41. The number of thiocarbonyl (C=S) groups is 1.